The molecule has 7 rings (SSSR count). The van der Waals surface area contributed by atoms with E-state index in [1.165, 1.54) is 40.5 Å². The molecule has 4 aromatic carbocycles. The van der Waals surface area contributed by atoms with Crippen molar-refractivity contribution in [1.82, 2.24) is 0 Å². The molecule has 4 aromatic rings. The van der Waals surface area contributed by atoms with Crippen molar-refractivity contribution in [3.8, 4) is 0 Å². The molecule has 0 bridgehead atoms. The van der Waals surface area contributed by atoms with Crippen molar-refractivity contribution in [3.05, 3.63) is 107 Å². The first-order valence-corrected chi connectivity index (χ1v) is 13.9. The van der Waals surface area contributed by atoms with Crippen LogP contribution in [0.25, 0.3) is 16.8 Å². The highest BCUT2D eigenvalue weighted by molar-refractivity contribution is 6.32. The van der Waals surface area contributed by atoms with Gasteiger partial charge in [0, 0.05) is 23.3 Å². The van der Waals surface area contributed by atoms with Crippen LogP contribution in [0.2, 0.25) is 0 Å². The lowest BCUT2D eigenvalue weighted by molar-refractivity contribution is -0.114. The minimum Gasteiger partial charge on any atom is -0.478 e. The van der Waals surface area contributed by atoms with Crippen LogP contribution in [0.1, 0.15) is 59.2 Å². The van der Waals surface area contributed by atoms with E-state index < -0.39 is 5.97 Å². The van der Waals surface area contributed by atoms with Crippen LogP contribution in [0, 0.1) is 0 Å². The molecular weight excluding hydrogens is 514 g/mol. The maximum Gasteiger partial charge on any atom is 0.335 e. The van der Waals surface area contributed by atoms with Crippen molar-refractivity contribution in [2.24, 2.45) is 5.10 Å². The first-order chi connectivity index (χ1) is 19.9. The quantitative estimate of drug-likeness (QED) is 0.276. The molecule has 2 unspecified atom stereocenters. The maximum atomic E-state index is 13.3. The molecule has 41 heavy (non-hydrogen) atoms. The van der Waals surface area contributed by atoms with E-state index in [-0.39, 0.29) is 18.1 Å². The van der Waals surface area contributed by atoms with Crippen LogP contribution in [-0.2, 0) is 11.4 Å². The van der Waals surface area contributed by atoms with E-state index in [0.29, 0.717) is 28.9 Å². The van der Waals surface area contributed by atoms with Gasteiger partial charge in [0.1, 0.15) is 0 Å². The van der Waals surface area contributed by atoms with Gasteiger partial charge in [-0.15, -0.1) is 0 Å². The van der Waals surface area contributed by atoms with Crippen LogP contribution >= 0.6 is 0 Å². The molecule has 2 N–H and O–H groups in total. The Morgan fingerprint density at radius 3 is 2.49 bits per heavy atom. The maximum absolute atomic E-state index is 13.3. The third-order valence-corrected chi connectivity index (χ3v) is 8.60. The van der Waals surface area contributed by atoms with Crippen LogP contribution in [-0.4, -0.2) is 33.8 Å². The molecule has 3 aliphatic rings. The number of carboxylic acids is 1. The van der Waals surface area contributed by atoms with Gasteiger partial charge in [-0.05, 0) is 108 Å². The predicted octanol–water partition coefficient (Wildman–Crippen LogP) is 6.62. The molecule has 1 aliphatic carbocycles. The Morgan fingerprint density at radius 1 is 0.951 bits per heavy atom. The number of carbonyl (C=O) groups excluding carboxylic acids is 1. The van der Waals surface area contributed by atoms with Gasteiger partial charge in [0.15, 0.2) is 0 Å². The van der Waals surface area contributed by atoms with E-state index in [4.69, 9.17) is 0 Å². The van der Waals surface area contributed by atoms with E-state index in [0.717, 1.165) is 34.7 Å². The summed E-state index contributed by atoms with van der Waals surface area (Å²) < 4.78 is 0. The van der Waals surface area contributed by atoms with E-state index in [2.05, 4.69) is 52.5 Å². The van der Waals surface area contributed by atoms with Crippen molar-refractivity contribution in [2.75, 3.05) is 9.91 Å². The molecule has 1 fully saturated rings. The minimum atomic E-state index is -1.01. The summed E-state index contributed by atoms with van der Waals surface area (Å²) in [4.78, 5) is 27.0. The van der Waals surface area contributed by atoms with Crippen LogP contribution in [0.15, 0.2) is 89.5 Å². The number of hydrogen-bond donors (Lipinski definition) is 2. The summed E-state index contributed by atoms with van der Waals surface area (Å²) in [5, 5.41) is 26.8. The molecule has 2 aliphatic heterocycles. The lowest BCUT2D eigenvalue weighted by atomic mass is 9.95. The number of anilines is 3. The van der Waals surface area contributed by atoms with Gasteiger partial charge in [0.25, 0.3) is 5.91 Å². The second-order valence-electron chi connectivity index (χ2n) is 11.0. The number of nitrogens with zero attached hydrogens (tertiary/aromatic N) is 3. The lowest BCUT2D eigenvalue weighted by Crippen LogP contribution is -2.26. The topological polar surface area (TPSA) is 93.4 Å². The Bertz CT molecular complexity index is 1790. The summed E-state index contributed by atoms with van der Waals surface area (Å²) in [6.07, 6.45) is 5.37. The lowest BCUT2D eigenvalue weighted by Gasteiger charge is -2.27. The molecule has 0 saturated heterocycles. The highest BCUT2D eigenvalue weighted by atomic mass is 16.4. The van der Waals surface area contributed by atoms with Crippen molar-refractivity contribution in [2.45, 2.75) is 44.8 Å². The number of aromatic carboxylic acids is 1. The fourth-order valence-corrected chi connectivity index (χ4v) is 6.60. The number of aliphatic hydroxyl groups excluding tert-OH is 1. The third kappa shape index (κ3) is 4.21. The summed E-state index contributed by atoms with van der Waals surface area (Å²) >= 11 is 0. The number of fused-ring (bicyclic) bond motifs is 4. The average molecular weight is 544 g/mol. The minimum absolute atomic E-state index is 0.0360. The predicted molar refractivity (Wildman–Crippen MR) is 161 cm³/mol. The second-order valence-corrected chi connectivity index (χ2v) is 11.0. The molecule has 7 nitrogen and oxygen atoms in total. The van der Waals surface area contributed by atoms with Crippen LogP contribution in [0.3, 0.4) is 0 Å². The summed E-state index contributed by atoms with van der Waals surface area (Å²) in [7, 11) is 0. The standard InChI is InChI=1S/C34H29N3O4/c1-20-29(33(39)37(35-20)26-11-8-23(9-12-26)34(40)41)16-21-6-14-32-30(17-21)28-3-2-4-31(28)36(32)27-13-10-24-15-22(19-38)5-7-25(24)18-27/h5-18,28,31,38H,2-4,19H2,1H3,(H,40,41)/b29-16-. The Labute approximate surface area is 237 Å². The number of benzene rings is 4. The monoisotopic (exact) mass is 543 g/mol. The largest absolute Gasteiger partial charge is 0.478 e. The van der Waals surface area contributed by atoms with Crippen molar-refractivity contribution >= 4 is 51.5 Å². The fourth-order valence-electron chi connectivity index (χ4n) is 6.60. The number of hydrogen-bond acceptors (Lipinski definition) is 5. The van der Waals surface area contributed by atoms with Gasteiger partial charge in [-0.2, -0.15) is 10.1 Å². The van der Waals surface area contributed by atoms with Gasteiger partial charge in [0.2, 0.25) is 0 Å². The number of hydrazone groups is 1. The number of carbonyl (C=O) groups is 2. The zero-order valence-electron chi connectivity index (χ0n) is 22.6. The summed E-state index contributed by atoms with van der Waals surface area (Å²) in [5.74, 6) is -0.803. The molecule has 1 amide bonds. The van der Waals surface area contributed by atoms with E-state index in [1.54, 1.807) is 12.1 Å². The molecule has 0 radical (unpaired) electrons. The van der Waals surface area contributed by atoms with Crippen molar-refractivity contribution in [3.63, 3.8) is 0 Å². The highest BCUT2D eigenvalue weighted by Gasteiger charge is 2.42. The third-order valence-electron chi connectivity index (χ3n) is 8.60. The van der Waals surface area contributed by atoms with Crippen LogP contribution in [0.5, 0.6) is 0 Å². The average Bonchev–Trinajstić information content (AvgIpc) is 3.66. The molecule has 1 saturated carbocycles. The first kappa shape index (κ1) is 25.2. The van der Waals surface area contributed by atoms with E-state index in [9.17, 15) is 19.8 Å². The number of amides is 1. The van der Waals surface area contributed by atoms with Gasteiger partial charge in [-0.3, -0.25) is 4.79 Å². The molecule has 2 heterocycles. The van der Waals surface area contributed by atoms with Crippen molar-refractivity contribution in [1.29, 1.82) is 0 Å². The number of rotatable bonds is 5. The Balaban J connectivity index is 1.21. The molecule has 0 spiro atoms. The van der Waals surface area contributed by atoms with Crippen LogP contribution < -0.4 is 9.91 Å². The van der Waals surface area contributed by atoms with Gasteiger partial charge >= 0.3 is 5.97 Å². The van der Waals surface area contributed by atoms with Gasteiger partial charge in [-0.1, -0.05) is 30.7 Å². The normalized spacial score (nSPS) is 20.6. The molecule has 2 atom stereocenters. The Kier molecular flexibility index (Phi) is 5.98. The summed E-state index contributed by atoms with van der Waals surface area (Å²) in [5.41, 5.74) is 7.44. The summed E-state index contributed by atoms with van der Waals surface area (Å²) in [6.45, 7) is 1.86. The number of aliphatic hydroxyl groups is 1. The zero-order valence-corrected chi connectivity index (χ0v) is 22.6. The summed E-state index contributed by atoms with van der Waals surface area (Å²) in [6, 6.07) is 25.7. The molecule has 0 aromatic heterocycles. The highest BCUT2D eigenvalue weighted by Crippen LogP contribution is 2.52. The fraction of sp³-hybridized carbons (Fsp3) is 0.206. The Hall–Kier alpha value is -4.75. The van der Waals surface area contributed by atoms with E-state index in [1.807, 2.05) is 25.1 Å². The molecule has 204 valence electrons. The molecular formula is C34H29N3O4. The smallest absolute Gasteiger partial charge is 0.335 e. The SMILES string of the molecule is CC1=NN(c2ccc(C(=O)O)cc2)C(=O)/C1=C\c1ccc2c(c1)C1CCCC1N2c1ccc2cc(CO)ccc2c1. The van der Waals surface area contributed by atoms with Gasteiger partial charge < -0.3 is 15.1 Å². The van der Waals surface area contributed by atoms with E-state index >= 15 is 0 Å². The number of carboxylic acid groups (broad SMARTS) is 1. The second kappa shape index (κ2) is 9.71. The zero-order chi connectivity index (χ0) is 28.2. The Morgan fingerprint density at radius 2 is 1.71 bits per heavy atom. The van der Waals surface area contributed by atoms with Gasteiger partial charge in [-0.25, -0.2) is 4.79 Å². The van der Waals surface area contributed by atoms with Crippen LogP contribution in [0.4, 0.5) is 17.1 Å². The molecule has 7 heteroatoms. The van der Waals surface area contributed by atoms with Crippen molar-refractivity contribution < 1.29 is 19.8 Å². The van der Waals surface area contributed by atoms with Gasteiger partial charge in [0.05, 0.1) is 29.1 Å². The first-order valence-electron chi connectivity index (χ1n) is 13.9.